The molecule has 138 valence electrons. The van der Waals surface area contributed by atoms with Gasteiger partial charge in [-0.05, 0) is 61.6 Å². The zero-order valence-electron chi connectivity index (χ0n) is 16.0. The second-order valence-corrected chi connectivity index (χ2v) is 6.72. The van der Waals surface area contributed by atoms with E-state index in [1.54, 1.807) is 12.1 Å². The first-order valence-corrected chi connectivity index (χ1v) is 9.52. The standard InChI is InChI=1S/C23H28FNO/c1-4-6-8-17(3)25-22-15-12-19(18-10-13-20(24)14-11-18)16-21(22)23(26)9-7-5-2/h10-16H,4-9H2,1-3H3. The van der Waals surface area contributed by atoms with Crippen LogP contribution < -0.4 is 0 Å². The minimum absolute atomic E-state index is 0.123. The lowest BCUT2D eigenvalue weighted by Crippen LogP contribution is -2.01. The molecule has 2 aromatic rings. The van der Waals surface area contributed by atoms with Crippen LogP contribution in [-0.4, -0.2) is 11.5 Å². The number of nitrogens with zero attached hydrogens (tertiary/aromatic N) is 1. The number of rotatable bonds is 9. The average molecular weight is 353 g/mol. The summed E-state index contributed by atoms with van der Waals surface area (Å²) in [6, 6.07) is 12.1. The van der Waals surface area contributed by atoms with Gasteiger partial charge >= 0.3 is 0 Å². The smallest absolute Gasteiger partial charge is 0.165 e. The summed E-state index contributed by atoms with van der Waals surface area (Å²) in [4.78, 5) is 17.4. The summed E-state index contributed by atoms with van der Waals surface area (Å²) in [7, 11) is 0. The fourth-order valence-corrected chi connectivity index (χ4v) is 2.84. The van der Waals surface area contributed by atoms with Crippen molar-refractivity contribution in [2.24, 2.45) is 4.99 Å². The molecule has 2 aromatic carbocycles. The summed E-state index contributed by atoms with van der Waals surface area (Å²) in [6.45, 7) is 6.25. The largest absolute Gasteiger partial charge is 0.294 e. The Balaban J connectivity index is 2.40. The van der Waals surface area contributed by atoms with Crippen molar-refractivity contribution < 1.29 is 9.18 Å². The number of benzene rings is 2. The van der Waals surface area contributed by atoms with Gasteiger partial charge in [-0.15, -0.1) is 0 Å². The predicted molar refractivity (Wildman–Crippen MR) is 108 cm³/mol. The van der Waals surface area contributed by atoms with Crippen LogP contribution in [0.1, 0.15) is 69.7 Å². The van der Waals surface area contributed by atoms with E-state index in [-0.39, 0.29) is 11.6 Å². The van der Waals surface area contributed by atoms with Crippen molar-refractivity contribution in [2.45, 2.75) is 59.3 Å². The molecule has 3 heteroatoms. The van der Waals surface area contributed by atoms with Gasteiger partial charge in [0.15, 0.2) is 5.78 Å². The Morgan fingerprint density at radius 3 is 2.19 bits per heavy atom. The third-order valence-corrected chi connectivity index (χ3v) is 4.44. The number of hydrogen-bond acceptors (Lipinski definition) is 2. The minimum atomic E-state index is -0.263. The molecule has 0 spiro atoms. The summed E-state index contributed by atoms with van der Waals surface area (Å²) in [5.74, 6) is -0.140. The Hall–Kier alpha value is -2.29. The predicted octanol–water partition coefficient (Wildman–Crippen LogP) is 7.15. The molecule has 0 unspecified atom stereocenters. The minimum Gasteiger partial charge on any atom is -0.294 e. The van der Waals surface area contributed by atoms with E-state index in [1.165, 1.54) is 12.1 Å². The molecule has 0 amide bonds. The lowest BCUT2D eigenvalue weighted by Gasteiger charge is -2.10. The molecule has 2 nitrogen and oxygen atoms in total. The van der Waals surface area contributed by atoms with Crippen molar-refractivity contribution in [3.05, 3.63) is 53.8 Å². The van der Waals surface area contributed by atoms with Crippen LogP contribution in [0.5, 0.6) is 0 Å². The third-order valence-electron chi connectivity index (χ3n) is 4.44. The molecule has 26 heavy (non-hydrogen) atoms. The number of ketones is 1. The van der Waals surface area contributed by atoms with Crippen LogP contribution in [0.4, 0.5) is 10.1 Å². The zero-order valence-corrected chi connectivity index (χ0v) is 16.0. The van der Waals surface area contributed by atoms with E-state index in [9.17, 15) is 9.18 Å². The monoisotopic (exact) mass is 353 g/mol. The summed E-state index contributed by atoms with van der Waals surface area (Å²) in [6.07, 6.45) is 5.55. The maximum absolute atomic E-state index is 13.2. The van der Waals surface area contributed by atoms with E-state index in [0.717, 1.165) is 54.6 Å². The molecule has 0 radical (unpaired) electrons. The van der Waals surface area contributed by atoms with Gasteiger partial charge in [0.1, 0.15) is 5.82 Å². The van der Waals surface area contributed by atoms with Gasteiger partial charge in [0, 0.05) is 17.7 Å². The van der Waals surface area contributed by atoms with Gasteiger partial charge < -0.3 is 0 Å². The highest BCUT2D eigenvalue weighted by molar-refractivity contribution is 6.03. The molecule has 0 N–H and O–H groups in total. The second-order valence-electron chi connectivity index (χ2n) is 6.72. The average Bonchev–Trinajstić information content (AvgIpc) is 2.65. The maximum atomic E-state index is 13.2. The van der Waals surface area contributed by atoms with E-state index in [0.29, 0.717) is 12.0 Å². The fraction of sp³-hybridized carbons (Fsp3) is 0.391. The molecule has 0 bridgehead atoms. The Bertz CT molecular complexity index is 762. The van der Waals surface area contributed by atoms with Gasteiger partial charge in [-0.2, -0.15) is 0 Å². The first-order valence-electron chi connectivity index (χ1n) is 9.52. The van der Waals surface area contributed by atoms with Crippen molar-refractivity contribution in [1.82, 2.24) is 0 Å². The summed E-state index contributed by atoms with van der Waals surface area (Å²) in [5, 5.41) is 0. The van der Waals surface area contributed by atoms with Crippen molar-refractivity contribution in [1.29, 1.82) is 0 Å². The normalized spacial score (nSPS) is 11.6. The van der Waals surface area contributed by atoms with Gasteiger partial charge in [0.05, 0.1) is 5.69 Å². The lowest BCUT2D eigenvalue weighted by atomic mass is 9.97. The molecule has 2 rings (SSSR count). The first kappa shape index (κ1) is 20.0. The van der Waals surface area contributed by atoms with Gasteiger partial charge in [-0.1, -0.05) is 44.9 Å². The number of carbonyl (C=O) groups is 1. The van der Waals surface area contributed by atoms with Crippen LogP contribution >= 0.6 is 0 Å². The van der Waals surface area contributed by atoms with Crippen molar-refractivity contribution >= 4 is 17.2 Å². The topological polar surface area (TPSA) is 29.4 Å². The number of unbranched alkanes of at least 4 members (excludes halogenated alkanes) is 2. The summed E-state index contributed by atoms with van der Waals surface area (Å²) in [5.41, 5.74) is 4.26. The number of hydrogen-bond donors (Lipinski definition) is 0. The van der Waals surface area contributed by atoms with Crippen LogP contribution in [0.15, 0.2) is 47.5 Å². The van der Waals surface area contributed by atoms with Crippen LogP contribution in [-0.2, 0) is 0 Å². The SMILES string of the molecule is CCCCC(=O)c1cc(-c2ccc(F)cc2)ccc1N=C(C)CCCC. The van der Waals surface area contributed by atoms with Crippen molar-refractivity contribution in [3.8, 4) is 11.1 Å². The molecular weight excluding hydrogens is 325 g/mol. The number of aliphatic imine (C=N–C) groups is 1. The van der Waals surface area contributed by atoms with Gasteiger partial charge in [0.25, 0.3) is 0 Å². The Morgan fingerprint density at radius 2 is 1.54 bits per heavy atom. The van der Waals surface area contributed by atoms with Crippen LogP contribution in [0, 0.1) is 5.82 Å². The molecule has 0 aliphatic heterocycles. The highest BCUT2D eigenvalue weighted by Gasteiger charge is 2.13. The van der Waals surface area contributed by atoms with Crippen LogP contribution in [0.3, 0.4) is 0 Å². The van der Waals surface area contributed by atoms with Crippen LogP contribution in [0.2, 0.25) is 0 Å². The maximum Gasteiger partial charge on any atom is 0.165 e. The fourth-order valence-electron chi connectivity index (χ4n) is 2.84. The van der Waals surface area contributed by atoms with E-state index in [2.05, 4.69) is 13.8 Å². The van der Waals surface area contributed by atoms with Gasteiger partial charge in [-0.3, -0.25) is 9.79 Å². The summed E-state index contributed by atoms with van der Waals surface area (Å²) < 4.78 is 13.2. The van der Waals surface area contributed by atoms with Crippen molar-refractivity contribution in [3.63, 3.8) is 0 Å². The highest BCUT2D eigenvalue weighted by Crippen LogP contribution is 2.29. The zero-order chi connectivity index (χ0) is 18.9. The lowest BCUT2D eigenvalue weighted by molar-refractivity contribution is 0.0980. The number of halogens is 1. The molecule has 0 aromatic heterocycles. The summed E-state index contributed by atoms with van der Waals surface area (Å²) >= 11 is 0. The van der Waals surface area contributed by atoms with Crippen molar-refractivity contribution in [2.75, 3.05) is 0 Å². The molecular formula is C23H28FNO. The Morgan fingerprint density at radius 1 is 0.923 bits per heavy atom. The molecule has 0 fully saturated rings. The molecule has 0 aliphatic rings. The van der Waals surface area contributed by atoms with Gasteiger partial charge in [0.2, 0.25) is 0 Å². The Labute approximate surface area is 156 Å². The number of carbonyl (C=O) groups excluding carboxylic acids is 1. The highest BCUT2D eigenvalue weighted by atomic mass is 19.1. The van der Waals surface area contributed by atoms with E-state index < -0.39 is 0 Å². The Kier molecular flexibility index (Phi) is 7.71. The second kappa shape index (κ2) is 10.0. The number of Topliss-reactive ketones (excluding diaryl/α,β-unsaturated/α-hetero) is 1. The van der Waals surface area contributed by atoms with Crippen LogP contribution in [0.25, 0.3) is 11.1 Å². The van der Waals surface area contributed by atoms with E-state index >= 15 is 0 Å². The third kappa shape index (κ3) is 5.62. The molecule has 0 heterocycles. The van der Waals surface area contributed by atoms with E-state index in [4.69, 9.17) is 4.99 Å². The molecule has 0 atom stereocenters. The molecule has 0 saturated carbocycles. The first-order chi connectivity index (χ1) is 12.5. The van der Waals surface area contributed by atoms with Gasteiger partial charge in [-0.25, -0.2) is 4.39 Å². The molecule has 0 aliphatic carbocycles. The molecule has 0 saturated heterocycles. The van der Waals surface area contributed by atoms with E-state index in [1.807, 2.05) is 25.1 Å². The quantitative estimate of drug-likeness (QED) is 0.348.